The van der Waals surface area contributed by atoms with E-state index in [1.165, 1.54) is 5.56 Å². The number of benzene rings is 2. The second-order valence-corrected chi connectivity index (χ2v) is 12.0. The molecule has 3 heterocycles. The molecule has 0 spiro atoms. The normalized spacial score (nSPS) is 23.9. The Hall–Kier alpha value is -2.26. The number of aryl methyl sites for hydroxylation is 1. The molecule has 1 amide bonds. The van der Waals surface area contributed by atoms with Gasteiger partial charge in [0, 0.05) is 50.5 Å². The summed E-state index contributed by atoms with van der Waals surface area (Å²) in [5.74, 6) is -0.0405. The summed E-state index contributed by atoms with van der Waals surface area (Å²) in [6.45, 7) is 8.67. The van der Waals surface area contributed by atoms with E-state index in [1.807, 2.05) is 30.3 Å². The van der Waals surface area contributed by atoms with Crippen molar-refractivity contribution < 1.29 is 17.9 Å². The molecule has 2 saturated heterocycles. The van der Waals surface area contributed by atoms with Crippen molar-refractivity contribution in [2.24, 2.45) is 0 Å². The number of amides is 1. The smallest absolute Gasteiger partial charge is 0.258 e. The molecule has 0 aromatic heterocycles. The van der Waals surface area contributed by atoms with Gasteiger partial charge in [-0.25, -0.2) is 8.42 Å². The number of hydrogen-bond donors (Lipinski definition) is 0. The zero-order valence-electron chi connectivity index (χ0n) is 20.7. The maximum atomic E-state index is 13.4. The minimum absolute atomic E-state index is 0.0405. The first-order chi connectivity index (χ1) is 16.8. The molecule has 35 heavy (non-hydrogen) atoms. The molecule has 0 aliphatic carbocycles. The van der Waals surface area contributed by atoms with E-state index in [2.05, 4.69) is 18.7 Å². The Balaban J connectivity index is 1.31. The molecular formula is C27H35N3O4S. The molecule has 3 aliphatic heterocycles. The van der Waals surface area contributed by atoms with Gasteiger partial charge in [-0.05, 0) is 81.0 Å². The molecule has 0 N–H and O–H groups in total. The van der Waals surface area contributed by atoms with Crippen molar-refractivity contribution >= 4 is 21.6 Å². The van der Waals surface area contributed by atoms with Crippen LogP contribution in [0, 0.1) is 0 Å². The molecule has 2 unspecified atom stereocenters. The summed E-state index contributed by atoms with van der Waals surface area (Å²) in [5, 5.41) is 0. The average molecular weight is 498 g/mol. The van der Waals surface area contributed by atoms with Gasteiger partial charge in [-0.15, -0.1) is 0 Å². The minimum Gasteiger partial charge on any atom is -0.373 e. The zero-order chi connectivity index (χ0) is 24.6. The van der Waals surface area contributed by atoms with Crippen LogP contribution < -0.4 is 4.90 Å². The number of ether oxygens (including phenoxy) is 1. The second kappa shape index (κ2) is 10.0. The summed E-state index contributed by atoms with van der Waals surface area (Å²) < 4.78 is 33.4. The largest absolute Gasteiger partial charge is 0.373 e. The van der Waals surface area contributed by atoms with E-state index < -0.39 is 10.0 Å². The molecule has 188 valence electrons. The summed E-state index contributed by atoms with van der Waals surface area (Å²) in [6.07, 6.45) is 3.87. The Morgan fingerprint density at radius 3 is 2.31 bits per heavy atom. The number of anilines is 1. The third kappa shape index (κ3) is 5.16. The third-order valence-corrected chi connectivity index (χ3v) is 9.11. The molecule has 2 aromatic rings. The molecule has 3 aliphatic rings. The molecule has 5 rings (SSSR count). The number of nitrogens with zero attached hydrogens (tertiary/aromatic N) is 3. The van der Waals surface area contributed by atoms with Crippen molar-refractivity contribution in [3.63, 3.8) is 0 Å². The molecule has 0 bridgehead atoms. The Labute approximate surface area is 208 Å². The minimum atomic E-state index is -3.47. The molecule has 2 atom stereocenters. The van der Waals surface area contributed by atoms with Crippen molar-refractivity contribution in [1.29, 1.82) is 0 Å². The summed E-state index contributed by atoms with van der Waals surface area (Å²) in [4.78, 5) is 17.9. The molecule has 2 fully saturated rings. The van der Waals surface area contributed by atoms with Gasteiger partial charge in [0.15, 0.2) is 0 Å². The van der Waals surface area contributed by atoms with Gasteiger partial charge in [-0.1, -0.05) is 12.1 Å². The molecule has 0 radical (unpaired) electrons. The van der Waals surface area contributed by atoms with Gasteiger partial charge >= 0.3 is 0 Å². The Kier molecular flexibility index (Phi) is 6.99. The topological polar surface area (TPSA) is 70.2 Å². The van der Waals surface area contributed by atoms with Gasteiger partial charge in [-0.2, -0.15) is 4.31 Å². The van der Waals surface area contributed by atoms with E-state index in [0.717, 1.165) is 56.6 Å². The van der Waals surface area contributed by atoms with Gasteiger partial charge in [0.2, 0.25) is 10.0 Å². The number of rotatable bonds is 5. The lowest BCUT2D eigenvalue weighted by Gasteiger charge is -2.35. The summed E-state index contributed by atoms with van der Waals surface area (Å²) >= 11 is 0. The predicted molar refractivity (Wildman–Crippen MR) is 136 cm³/mol. The third-order valence-electron chi connectivity index (χ3n) is 7.22. The van der Waals surface area contributed by atoms with E-state index in [1.54, 1.807) is 21.3 Å². The zero-order valence-corrected chi connectivity index (χ0v) is 21.5. The van der Waals surface area contributed by atoms with E-state index in [-0.39, 0.29) is 18.1 Å². The first-order valence-corrected chi connectivity index (χ1v) is 14.2. The van der Waals surface area contributed by atoms with Crippen LogP contribution in [0.25, 0.3) is 0 Å². The van der Waals surface area contributed by atoms with Gasteiger partial charge in [-0.3, -0.25) is 9.69 Å². The highest BCUT2D eigenvalue weighted by Gasteiger charge is 2.30. The van der Waals surface area contributed by atoms with Crippen molar-refractivity contribution in [3.05, 3.63) is 59.2 Å². The van der Waals surface area contributed by atoms with Crippen LogP contribution in [-0.2, 0) is 27.7 Å². The van der Waals surface area contributed by atoms with E-state index in [0.29, 0.717) is 30.1 Å². The molecule has 2 aromatic carbocycles. The molecule has 0 saturated carbocycles. The predicted octanol–water partition coefficient (Wildman–Crippen LogP) is 3.67. The fourth-order valence-electron chi connectivity index (χ4n) is 5.60. The van der Waals surface area contributed by atoms with Crippen molar-refractivity contribution in [1.82, 2.24) is 9.21 Å². The summed E-state index contributed by atoms with van der Waals surface area (Å²) in [7, 11) is -3.47. The van der Waals surface area contributed by atoms with Crippen LogP contribution in [0.5, 0.6) is 0 Å². The first kappa shape index (κ1) is 24.4. The lowest BCUT2D eigenvalue weighted by atomic mass is 10.0. The van der Waals surface area contributed by atoms with Crippen LogP contribution >= 0.6 is 0 Å². The van der Waals surface area contributed by atoms with Gasteiger partial charge in [0.1, 0.15) is 0 Å². The van der Waals surface area contributed by atoms with Gasteiger partial charge < -0.3 is 9.64 Å². The van der Waals surface area contributed by atoms with Gasteiger partial charge in [0.05, 0.1) is 17.1 Å². The number of hydrogen-bond acceptors (Lipinski definition) is 5. The molecular weight excluding hydrogens is 462 g/mol. The highest BCUT2D eigenvalue weighted by atomic mass is 32.2. The molecule has 8 heteroatoms. The summed E-state index contributed by atoms with van der Waals surface area (Å²) in [6, 6.07) is 13.1. The van der Waals surface area contributed by atoms with E-state index in [4.69, 9.17) is 4.74 Å². The maximum Gasteiger partial charge on any atom is 0.258 e. The number of carbonyl (C=O) groups is 1. The van der Waals surface area contributed by atoms with Crippen molar-refractivity contribution in [3.8, 4) is 0 Å². The highest BCUT2D eigenvalue weighted by Crippen LogP contribution is 2.32. The van der Waals surface area contributed by atoms with Crippen LogP contribution in [0.3, 0.4) is 0 Å². The van der Waals surface area contributed by atoms with Crippen molar-refractivity contribution in [2.45, 2.75) is 63.2 Å². The lowest BCUT2D eigenvalue weighted by molar-refractivity contribution is -0.0704. The maximum absolute atomic E-state index is 13.4. The number of morpholine rings is 1. The fourth-order valence-corrected chi connectivity index (χ4v) is 7.17. The monoisotopic (exact) mass is 497 g/mol. The Morgan fingerprint density at radius 2 is 1.63 bits per heavy atom. The van der Waals surface area contributed by atoms with Crippen LogP contribution in [0.2, 0.25) is 0 Å². The first-order valence-electron chi connectivity index (χ1n) is 12.7. The SMILES string of the molecule is CC1CN(Cc2ccc(C(=O)N3CCCc4cc(S(=O)(=O)N5CCCC5)ccc43)cc2)CC(C)O1. The van der Waals surface area contributed by atoms with Gasteiger partial charge in [0.25, 0.3) is 5.91 Å². The lowest BCUT2D eigenvalue weighted by Crippen LogP contribution is -2.44. The van der Waals surface area contributed by atoms with Crippen LogP contribution in [0.4, 0.5) is 5.69 Å². The molecule has 7 nitrogen and oxygen atoms in total. The Morgan fingerprint density at radius 1 is 0.943 bits per heavy atom. The van der Waals surface area contributed by atoms with E-state index >= 15 is 0 Å². The highest BCUT2D eigenvalue weighted by molar-refractivity contribution is 7.89. The quantitative estimate of drug-likeness (QED) is 0.630. The van der Waals surface area contributed by atoms with Crippen LogP contribution in [-0.4, -0.2) is 68.5 Å². The average Bonchev–Trinajstić information content (AvgIpc) is 3.39. The summed E-state index contributed by atoms with van der Waals surface area (Å²) in [5.41, 5.74) is 3.58. The number of fused-ring (bicyclic) bond motifs is 1. The number of carbonyl (C=O) groups excluding carboxylic acids is 1. The van der Waals surface area contributed by atoms with Crippen molar-refractivity contribution in [2.75, 3.05) is 37.6 Å². The second-order valence-electron chi connectivity index (χ2n) is 10.1. The fraction of sp³-hybridized carbons (Fsp3) is 0.519. The van der Waals surface area contributed by atoms with Crippen LogP contribution in [0.1, 0.15) is 54.6 Å². The Bertz CT molecular complexity index is 1170. The number of sulfonamides is 1. The van der Waals surface area contributed by atoms with E-state index in [9.17, 15) is 13.2 Å². The standard InChI is InChI=1S/C27H35N3O4S/c1-20-17-28(18-21(2)34-20)19-22-7-9-23(10-8-22)27(31)30-15-5-6-24-16-25(11-12-26(24)30)35(32,33)29-13-3-4-14-29/h7-12,16,20-21H,3-6,13-15,17-19H2,1-2H3. The van der Waals surface area contributed by atoms with Crippen LogP contribution in [0.15, 0.2) is 47.4 Å².